The van der Waals surface area contributed by atoms with Crippen LogP contribution in [0.3, 0.4) is 0 Å². The molecule has 0 unspecified atom stereocenters. The Morgan fingerprint density at radius 1 is 0.974 bits per heavy atom. The highest BCUT2D eigenvalue weighted by Gasteiger charge is 2.32. The molecule has 0 aliphatic carbocycles. The highest BCUT2D eigenvalue weighted by Crippen LogP contribution is 2.32. The van der Waals surface area contributed by atoms with Crippen LogP contribution in [0.4, 0.5) is 0 Å². The van der Waals surface area contributed by atoms with Crippen molar-refractivity contribution in [2.75, 3.05) is 13.2 Å². The summed E-state index contributed by atoms with van der Waals surface area (Å²) in [6.07, 6.45) is 0. The monoisotopic (exact) mass is 515 g/mol. The Balaban J connectivity index is 1.62. The molecule has 38 heavy (non-hydrogen) atoms. The summed E-state index contributed by atoms with van der Waals surface area (Å²) in [6, 6.07) is 21.3. The number of benzene rings is 3. The second-order valence-corrected chi connectivity index (χ2v) is 9.60. The summed E-state index contributed by atoms with van der Waals surface area (Å²) < 4.78 is 17.2. The average molecular weight is 516 g/mol. The van der Waals surface area contributed by atoms with Crippen LogP contribution in [0.2, 0.25) is 0 Å². The van der Waals surface area contributed by atoms with Crippen molar-refractivity contribution in [3.8, 4) is 17.2 Å². The zero-order valence-electron chi connectivity index (χ0n) is 22.2. The fraction of sp³-hybridized carbons (Fsp3) is 0.300. The van der Waals surface area contributed by atoms with Gasteiger partial charge in [-0.2, -0.15) is 0 Å². The number of hydrogen-bond acceptors (Lipinski definition) is 7. The van der Waals surface area contributed by atoms with E-state index in [1.807, 2.05) is 78.6 Å². The van der Waals surface area contributed by atoms with Crippen molar-refractivity contribution in [3.63, 3.8) is 0 Å². The molecule has 198 valence electrons. The van der Waals surface area contributed by atoms with Gasteiger partial charge in [0.15, 0.2) is 5.60 Å². The first-order valence-corrected chi connectivity index (χ1v) is 12.6. The van der Waals surface area contributed by atoms with Gasteiger partial charge in [0.25, 0.3) is 0 Å². The number of aryl methyl sites for hydroxylation is 1. The predicted octanol–water partition coefficient (Wildman–Crippen LogP) is 5.01. The molecule has 4 rings (SSSR count). The smallest absolute Gasteiger partial charge is 0.349 e. The van der Waals surface area contributed by atoms with E-state index < -0.39 is 17.5 Å². The lowest BCUT2D eigenvalue weighted by Crippen LogP contribution is -2.39. The lowest BCUT2D eigenvalue weighted by molar-refractivity contribution is -0.158. The van der Waals surface area contributed by atoms with E-state index in [9.17, 15) is 9.59 Å². The van der Waals surface area contributed by atoms with Crippen LogP contribution in [-0.2, 0) is 27.4 Å². The van der Waals surface area contributed by atoms with Gasteiger partial charge in [-0.25, -0.2) is 9.78 Å². The SMILES string of the molecule is CCOC(=O)C(C)(C)Oc1ccc(CN(CC(N)=O)Cc2nc(-c3ccccc3)oc2C)c2ccccc12. The molecule has 0 saturated heterocycles. The van der Waals surface area contributed by atoms with Gasteiger partial charge >= 0.3 is 5.97 Å². The number of fused-ring (bicyclic) bond motifs is 1. The molecule has 1 amide bonds. The Morgan fingerprint density at radius 3 is 2.34 bits per heavy atom. The minimum Gasteiger partial charge on any atom is -0.476 e. The molecule has 0 aliphatic heterocycles. The molecule has 4 aromatic rings. The molecule has 0 atom stereocenters. The van der Waals surface area contributed by atoms with Gasteiger partial charge in [-0.3, -0.25) is 9.69 Å². The topological polar surface area (TPSA) is 108 Å². The van der Waals surface area contributed by atoms with Crippen molar-refractivity contribution in [1.82, 2.24) is 9.88 Å². The van der Waals surface area contributed by atoms with Crippen LogP contribution < -0.4 is 10.5 Å². The Morgan fingerprint density at radius 2 is 1.66 bits per heavy atom. The van der Waals surface area contributed by atoms with Crippen LogP contribution in [0.15, 0.2) is 71.1 Å². The van der Waals surface area contributed by atoms with Crippen LogP contribution in [0.25, 0.3) is 22.2 Å². The van der Waals surface area contributed by atoms with Gasteiger partial charge in [0.05, 0.1) is 18.8 Å². The predicted molar refractivity (Wildman–Crippen MR) is 145 cm³/mol. The zero-order chi connectivity index (χ0) is 27.3. The fourth-order valence-corrected chi connectivity index (χ4v) is 4.30. The van der Waals surface area contributed by atoms with Gasteiger partial charge in [0, 0.05) is 24.0 Å². The van der Waals surface area contributed by atoms with Crippen molar-refractivity contribution < 1.29 is 23.5 Å². The second kappa shape index (κ2) is 11.5. The van der Waals surface area contributed by atoms with E-state index in [1.54, 1.807) is 20.8 Å². The molecule has 2 N–H and O–H groups in total. The summed E-state index contributed by atoms with van der Waals surface area (Å²) in [5, 5.41) is 1.80. The quantitative estimate of drug-likeness (QED) is 0.280. The number of nitrogens with two attached hydrogens (primary N) is 1. The van der Waals surface area contributed by atoms with Crippen LogP contribution in [0.5, 0.6) is 5.75 Å². The third kappa shape index (κ3) is 6.20. The minimum atomic E-state index is -1.15. The molecule has 0 aliphatic rings. The van der Waals surface area contributed by atoms with Gasteiger partial charge in [0.1, 0.15) is 11.5 Å². The summed E-state index contributed by atoms with van der Waals surface area (Å²) in [4.78, 5) is 31.0. The van der Waals surface area contributed by atoms with E-state index in [2.05, 4.69) is 0 Å². The van der Waals surface area contributed by atoms with Crippen LogP contribution >= 0.6 is 0 Å². The lowest BCUT2D eigenvalue weighted by Gasteiger charge is -2.26. The summed E-state index contributed by atoms with van der Waals surface area (Å²) in [5.41, 5.74) is 7.06. The Labute approximate surface area is 222 Å². The number of oxazole rings is 1. The molecule has 0 fully saturated rings. The number of amides is 1. The molecular formula is C30H33N3O5. The number of rotatable bonds is 11. The first-order chi connectivity index (χ1) is 18.2. The third-order valence-electron chi connectivity index (χ3n) is 6.17. The molecule has 1 aromatic heterocycles. The van der Waals surface area contributed by atoms with E-state index in [1.165, 1.54) is 0 Å². The largest absolute Gasteiger partial charge is 0.476 e. The van der Waals surface area contributed by atoms with Crippen molar-refractivity contribution in [3.05, 3.63) is 83.7 Å². The number of nitrogens with zero attached hydrogens (tertiary/aromatic N) is 2. The maximum atomic E-state index is 12.4. The van der Waals surface area contributed by atoms with E-state index in [-0.39, 0.29) is 13.2 Å². The first-order valence-electron chi connectivity index (χ1n) is 12.6. The van der Waals surface area contributed by atoms with Gasteiger partial charge in [-0.05, 0) is 56.8 Å². The molecule has 8 nitrogen and oxygen atoms in total. The summed E-state index contributed by atoms with van der Waals surface area (Å²) >= 11 is 0. The van der Waals surface area contributed by atoms with E-state index >= 15 is 0 Å². The number of aromatic nitrogens is 1. The number of ether oxygens (including phenoxy) is 2. The molecule has 0 saturated carbocycles. The van der Waals surface area contributed by atoms with Crippen molar-refractivity contribution in [1.29, 1.82) is 0 Å². The molecule has 0 spiro atoms. The van der Waals surface area contributed by atoms with Gasteiger partial charge in [-0.15, -0.1) is 0 Å². The van der Waals surface area contributed by atoms with Crippen molar-refractivity contribution >= 4 is 22.6 Å². The number of primary amides is 1. The molecule has 1 heterocycles. The Hall–Kier alpha value is -4.17. The molecular weight excluding hydrogens is 482 g/mol. The average Bonchev–Trinajstić information content (AvgIpc) is 3.25. The summed E-state index contributed by atoms with van der Waals surface area (Å²) in [6.45, 7) is 8.15. The van der Waals surface area contributed by atoms with Crippen molar-refractivity contribution in [2.45, 2.75) is 46.4 Å². The Bertz CT molecular complexity index is 1430. The van der Waals surface area contributed by atoms with E-state index in [0.29, 0.717) is 30.5 Å². The third-order valence-corrected chi connectivity index (χ3v) is 6.17. The number of carbonyl (C=O) groups is 2. The van der Waals surface area contributed by atoms with Crippen LogP contribution in [0, 0.1) is 6.92 Å². The van der Waals surface area contributed by atoms with Crippen LogP contribution in [0.1, 0.15) is 37.8 Å². The zero-order valence-corrected chi connectivity index (χ0v) is 22.2. The van der Waals surface area contributed by atoms with Gasteiger partial charge < -0.3 is 19.6 Å². The number of hydrogen-bond donors (Lipinski definition) is 1. The van der Waals surface area contributed by atoms with Gasteiger partial charge in [-0.1, -0.05) is 48.5 Å². The normalized spacial score (nSPS) is 11.6. The molecule has 0 bridgehead atoms. The second-order valence-electron chi connectivity index (χ2n) is 9.60. The highest BCUT2D eigenvalue weighted by atomic mass is 16.6. The minimum absolute atomic E-state index is 0.0510. The van der Waals surface area contributed by atoms with Crippen molar-refractivity contribution in [2.24, 2.45) is 5.73 Å². The standard InChI is InChI=1S/C30H33N3O5/c1-5-36-29(35)30(3,4)38-26-16-15-22(23-13-9-10-14-24(23)26)17-33(19-27(31)34)18-25-20(2)37-28(32-25)21-11-7-6-8-12-21/h6-16H,5,17-19H2,1-4H3,(H2,31,34). The van der Waals surface area contributed by atoms with E-state index in [4.69, 9.17) is 24.6 Å². The number of esters is 1. The maximum absolute atomic E-state index is 12.4. The maximum Gasteiger partial charge on any atom is 0.349 e. The van der Waals surface area contributed by atoms with Crippen LogP contribution in [-0.4, -0.2) is 40.5 Å². The molecule has 8 heteroatoms. The number of carbonyl (C=O) groups excluding carboxylic acids is 2. The fourth-order valence-electron chi connectivity index (χ4n) is 4.30. The first kappa shape index (κ1) is 26.9. The Kier molecular flexibility index (Phi) is 8.12. The lowest BCUT2D eigenvalue weighted by atomic mass is 10.0. The highest BCUT2D eigenvalue weighted by molar-refractivity contribution is 5.91. The van der Waals surface area contributed by atoms with E-state index in [0.717, 1.165) is 27.6 Å². The molecule has 3 aromatic carbocycles. The summed E-state index contributed by atoms with van der Waals surface area (Å²) in [7, 11) is 0. The molecule has 0 radical (unpaired) electrons. The summed E-state index contributed by atoms with van der Waals surface area (Å²) in [5.74, 6) is 0.929. The van der Waals surface area contributed by atoms with Gasteiger partial charge in [0.2, 0.25) is 11.8 Å².